The molecule has 0 saturated carbocycles. The summed E-state index contributed by atoms with van der Waals surface area (Å²) in [6.45, 7) is 4.96. The summed E-state index contributed by atoms with van der Waals surface area (Å²) in [4.78, 5) is 0. The molecule has 0 aromatic heterocycles. The van der Waals surface area contributed by atoms with Crippen molar-refractivity contribution >= 4 is 0 Å². The highest BCUT2D eigenvalue weighted by Gasteiger charge is 1.96. The second kappa shape index (κ2) is 7.03. The van der Waals surface area contributed by atoms with Crippen LogP contribution in [0.25, 0.3) is 0 Å². The van der Waals surface area contributed by atoms with Gasteiger partial charge in [0.05, 0.1) is 12.7 Å². The van der Waals surface area contributed by atoms with E-state index >= 15 is 0 Å². The first-order valence-corrected chi connectivity index (χ1v) is 4.03. The van der Waals surface area contributed by atoms with E-state index in [-0.39, 0.29) is 12.7 Å². The number of aliphatic hydroxyl groups is 1. The molecule has 2 nitrogen and oxygen atoms in total. The Kier molecular flexibility index (Phi) is 6.98. The number of hydrogen-bond acceptors (Lipinski definition) is 2. The Morgan fingerprint density at radius 3 is 2.60 bits per heavy atom. The molecule has 0 bridgehead atoms. The highest BCUT2D eigenvalue weighted by Crippen LogP contribution is 1.96. The zero-order valence-electron chi connectivity index (χ0n) is 6.97. The Balaban J connectivity index is 2.89. The quantitative estimate of drug-likeness (QED) is 0.576. The fourth-order valence-electron chi connectivity index (χ4n) is 0.689. The van der Waals surface area contributed by atoms with Gasteiger partial charge in [0.2, 0.25) is 0 Å². The van der Waals surface area contributed by atoms with Crippen molar-refractivity contribution in [1.29, 1.82) is 0 Å². The van der Waals surface area contributed by atoms with Crippen LogP contribution < -0.4 is 0 Å². The molecule has 0 saturated heterocycles. The molecule has 0 aliphatic heterocycles. The van der Waals surface area contributed by atoms with Gasteiger partial charge in [-0.25, -0.2) is 0 Å². The van der Waals surface area contributed by atoms with Gasteiger partial charge in [-0.15, -0.1) is 0 Å². The van der Waals surface area contributed by atoms with Crippen molar-refractivity contribution in [3.05, 3.63) is 0 Å². The first-order valence-electron chi connectivity index (χ1n) is 4.03. The van der Waals surface area contributed by atoms with Gasteiger partial charge in [0.15, 0.2) is 0 Å². The van der Waals surface area contributed by atoms with Gasteiger partial charge >= 0.3 is 0 Å². The third-order valence-corrected chi connectivity index (χ3v) is 1.41. The maximum absolute atomic E-state index is 8.57. The number of hydrogen-bond donors (Lipinski definition) is 1. The zero-order valence-corrected chi connectivity index (χ0v) is 6.97. The minimum Gasteiger partial charge on any atom is -0.394 e. The van der Waals surface area contributed by atoms with Crippen molar-refractivity contribution in [3.8, 4) is 0 Å². The zero-order chi connectivity index (χ0) is 7.82. The summed E-state index contributed by atoms with van der Waals surface area (Å²) >= 11 is 0. The summed E-state index contributed by atoms with van der Waals surface area (Å²) < 4.78 is 5.24. The maximum atomic E-state index is 8.57. The van der Waals surface area contributed by atoms with E-state index in [0.29, 0.717) is 0 Å². The van der Waals surface area contributed by atoms with Crippen LogP contribution in [0.3, 0.4) is 0 Å². The second-order valence-electron chi connectivity index (χ2n) is 2.57. The first-order chi connectivity index (χ1) is 4.81. The van der Waals surface area contributed by atoms with Crippen LogP contribution in [-0.2, 0) is 4.74 Å². The van der Waals surface area contributed by atoms with Crippen molar-refractivity contribution in [2.75, 3.05) is 13.2 Å². The maximum Gasteiger partial charge on any atom is 0.0777 e. The van der Waals surface area contributed by atoms with E-state index in [0.717, 1.165) is 13.0 Å². The van der Waals surface area contributed by atoms with E-state index in [4.69, 9.17) is 9.84 Å². The van der Waals surface area contributed by atoms with Crippen molar-refractivity contribution in [1.82, 2.24) is 0 Å². The summed E-state index contributed by atoms with van der Waals surface area (Å²) in [5, 5.41) is 8.57. The monoisotopic (exact) mass is 146 g/mol. The lowest BCUT2D eigenvalue weighted by Crippen LogP contribution is -2.13. The molecule has 0 aliphatic carbocycles. The molecule has 0 aromatic carbocycles. The van der Waals surface area contributed by atoms with Gasteiger partial charge in [0.25, 0.3) is 0 Å². The van der Waals surface area contributed by atoms with Crippen LogP contribution in [0.15, 0.2) is 0 Å². The van der Waals surface area contributed by atoms with Gasteiger partial charge < -0.3 is 9.84 Å². The Labute approximate surface area is 63.2 Å². The fraction of sp³-hybridized carbons (Fsp3) is 1.00. The highest BCUT2D eigenvalue weighted by molar-refractivity contribution is 4.44. The molecule has 2 heteroatoms. The largest absolute Gasteiger partial charge is 0.394 e. The summed E-state index contributed by atoms with van der Waals surface area (Å²) in [7, 11) is 0. The standard InChI is InChI=1S/C8H18O2/c1-3-4-5-6-10-8(2)7-9/h8-9H,3-7H2,1-2H3. The van der Waals surface area contributed by atoms with Crippen LogP contribution >= 0.6 is 0 Å². The van der Waals surface area contributed by atoms with Gasteiger partial charge in [0, 0.05) is 6.61 Å². The summed E-state index contributed by atoms with van der Waals surface area (Å²) in [5.41, 5.74) is 0. The van der Waals surface area contributed by atoms with Crippen molar-refractivity contribution in [2.45, 2.75) is 39.2 Å². The van der Waals surface area contributed by atoms with Gasteiger partial charge in [-0.2, -0.15) is 0 Å². The average molecular weight is 146 g/mol. The molecule has 0 amide bonds. The van der Waals surface area contributed by atoms with Crippen LogP contribution in [0.2, 0.25) is 0 Å². The van der Waals surface area contributed by atoms with Gasteiger partial charge in [0.1, 0.15) is 0 Å². The highest BCUT2D eigenvalue weighted by atomic mass is 16.5. The minimum absolute atomic E-state index is 0.0110. The molecular weight excluding hydrogens is 128 g/mol. The molecule has 1 unspecified atom stereocenters. The van der Waals surface area contributed by atoms with Crippen LogP contribution in [0.1, 0.15) is 33.1 Å². The fourth-order valence-corrected chi connectivity index (χ4v) is 0.689. The van der Waals surface area contributed by atoms with Crippen LogP contribution in [0.4, 0.5) is 0 Å². The van der Waals surface area contributed by atoms with E-state index in [2.05, 4.69) is 6.92 Å². The SMILES string of the molecule is CCCCCOC(C)CO. The first kappa shape index (κ1) is 9.92. The lowest BCUT2D eigenvalue weighted by molar-refractivity contribution is 0.0232. The van der Waals surface area contributed by atoms with Crippen molar-refractivity contribution < 1.29 is 9.84 Å². The molecule has 0 fully saturated rings. The predicted molar refractivity (Wildman–Crippen MR) is 42.0 cm³/mol. The van der Waals surface area contributed by atoms with Gasteiger partial charge in [-0.05, 0) is 13.3 Å². The van der Waals surface area contributed by atoms with Crippen molar-refractivity contribution in [2.24, 2.45) is 0 Å². The van der Waals surface area contributed by atoms with E-state index in [1.165, 1.54) is 12.8 Å². The molecule has 0 aromatic rings. The summed E-state index contributed by atoms with van der Waals surface area (Å²) in [6, 6.07) is 0. The smallest absolute Gasteiger partial charge is 0.0777 e. The molecule has 0 aliphatic rings. The molecule has 62 valence electrons. The molecule has 1 N–H and O–H groups in total. The van der Waals surface area contributed by atoms with E-state index in [9.17, 15) is 0 Å². The Morgan fingerprint density at radius 2 is 2.10 bits per heavy atom. The Bertz CT molecular complexity index is 64.3. The molecule has 1 atom stereocenters. The van der Waals surface area contributed by atoms with E-state index in [1.807, 2.05) is 6.92 Å². The Morgan fingerprint density at radius 1 is 1.40 bits per heavy atom. The van der Waals surface area contributed by atoms with Crippen LogP contribution in [0.5, 0.6) is 0 Å². The average Bonchev–Trinajstić information content (AvgIpc) is 1.98. The van der Waals surface area contributed by atoms with Crippen LogP contribution in [-0.4, -0.2) is 24.4 Å². The molecule has 0 rings (SSSR count). The molecule has 10 heavy (non-hydrogen) atoms. The second-order valence-corrected chi connectivity index (χ2v) is 2.57. The summed E-state index contributed by atoms with van der Waals surface area (Å²) in [5.74, 6) is 0. The topological polar surface area (TPSA) is 29.5 Å². The minimum atomic E-state index is 0.0110. The molecule has 0 heterocycles. The van der Waals surface area contributed by atoms with Gasteiger partial charge in [-0.1, -0.05) is 19.8 Å². The number of rotatable bonds is 6. The van der Waals surface area contributed by atoms with E-state index < -0.39 is 0 Å². The molecular formula is C8H18O2. The predicted octanol–water partition coefficient (Wildman–Crippen LogP) is 1.57. The van der Waals surface area contributed by atoms with Gasteiger partial charge in [-0.3, -0.25) is 0 Å². The normalized spacial score (nSPS) is 13.5. The lowest BCUT2D eigenvalue weighted by Gasteiger charge is -2.08. The summed E-state index contributed by atoms with van der Waals surface area (Å²) in [6.07, 6.45) is 3.56. The third-order valence-electron chi connectivity index (χ3n) is 1.41. The third kappa shape index (κ3) is 6.05. The number of ether oxygens (including phenoxy) is 1. The van der Waals surface area contributed by atoms with E-state index in [1.54, 1.807) is 0 Å². The lowest BCUT2D eigenvalue weighted by atomic mass is 10.3. The molecule has 0 radical (unpaired) electrons. The number of unbranched alkanes of at least 4 members (excludes halogenated alkanes) is 2. The van der Waals surface area contributed by atoms with Crippen molar-refractivity contribution in [3.63, 3.8) is 0 Å². The van der Waals surface area contributed by atoms with Crippen LogP contribution in [0, 0.1) is 0 Å². The Hall–Kier alpha value is -0.0800. The number of aliphatic hydroxyl groups excluding tert-OH is 1. The molecule has 0 spiro atoms.